The van der Waals surface area contributed by atoms with Gasteiger partial charge >= 0.3 is 5.97 Å². The number of hydrogen-bond acceptors (Lipinski definition) is 3. The number of benzene rings is 1. The van der Waals surface area contributed by atoms with Crippen molar-refractivity contribution in [3.63, 3.8) is 0 Å². The molecule has 0 heterocycles. The molecule has 0 saturated heterocycles. The number of carboxylic acids is 1. The van der Waals surface area contributed by atoms with E-state index in [2.05, 4.69) is 6.92 Å². The van der Waals surface area contributed by atoms with Crippen molar-refractivity contribution in [3.8, 4) is 11.5 Å². The summed E-state index contributed by atoms with van der Waals surface area (Å²) in [6.07, 6.45) is 4.74. The van der Waals surface area contributed by atoms with Crippen molar-refractivity contribution in [1.29, 1.82) is 0 Å². The summed E-state index contributed by atoms with van der Waals surface area (Å²) in [5, 5.41) is 8.96. The molecule has 1 aromatic carbocycles. The Kier molecular flexibility index (Phi) is 4.30. The first-order valence-electron chi connectivity index (χ1n) is 6.68. The van der Waals surface area contributed by atoms with E-state index in [9.17, 15) is 4.79 Å². The number of carboxylic acid groups (broad SMARTS) is 1. The van der Waals surface area contributed by atoms with Crippen molar-refractivity contribution >= 4 is 5.97 Å². The van der Waals surface area contributed by atoms with E-state index in [1.807, 2.05) is 0 Å². The lowest BCUT2D eigenvalue weighted by atomic mass is 9.89. The maximum atomic E-state index is 10.9. The lowest BCUT2D eigenvalue weighted by molar-refractivity contribution is 0.0696. The Hall–Kier alpha value is -1.71. The molecule has 2 unspecified atom stereocenters. The summed E-state index contributed by atoms with van der Waals surface area (Å²) in [5.74, 6) is 0.837. The summed E-state index contributed by atoms with van der Waals surface area (Å²) >= 11 is 0. The van der Waals surface area contributed by atoms with Crippen LogP contribution in [0.3, 0.4) is 0 Å². The minimum absolute atomic E-state index is 0.202. The average molecular weight is 264 g/mol. The van der Waals surface area contributed by atoms with Gasteiger partial charge in [0.25, 0.3) is 0 Å². The molecule has 1 aromatic rings. The molecule has 0 aliphatic heterocycles. The summed E-state index contributed by atoms with van der Waals surface area (Å²) < 4.78 is 11.2. The van der Waals surface area contributed by atoms with Gasteiger partial charge in [-0.25, -0.2) is 4.79 Å². The number of methoxy groups -OCH3 is 1. The van der Waals surface area contributed by atoms with Crippen LogP contribution in [0.5, 0.6) is 11.5 Å². The molecule has 0 spiro atoms. The molecule has 0 aromatic heterocycles. The first-order valence-corrected chi connectivity index (χ1v) is 6.68. The molecule has 19 heavy (non-hydrogen) atoms. The zero-order valence-corrected chi connectivity index (χ0v) is 11.4. The standard InChI is InChI=1S/C15H20O4/c1-10-4-3-5-12(8-10)19-13-7-6-11(15(16)17)9-14(13)18-2/h6-7,9-10,12H,3-5,8H2,1-2H3,(H,16,17). The summed E-state index contributed by atoms with van der Waals surface area (Å²) in [7, 11) is 1.53. The fourth-order valence-electron chi connectivity index (χ4n) is 2.56. The van der Waals surface area contributed by atoms with Crippen LogP contribution in [-0.2, 0) is 0 Å². The molecule has 2 atom stereocenters. The van der Waals surface area contributed by atoms with Crippen LogP contribution < -0.4 is 9.47 Å². The summed E-state index contributed by atoms with van der Waals surface area (Å²) in [6, 6.07) is 4.73. The zero-order chi connectivity index (χ0) is 13.8. The molecule has 4 nitrogen and oxygen atoms in total. The third kappa shape index (κ3) is 3.40. The molecule has 1 aliphatic rings. The van der Waals surface area contributed by atoms with Gasteiger partial charge < -0.3 is 14.6 Å². The van der Waals surface area contributed by atoms with Crippen LogP contribution >= 0.6 is 0 Å². The number of ether oxygens (including phenoxy) is 2. The molecular weight excluding hydrogens is 244 g/mol. The Balaban J connectivity index is 2.13. The van der Waals surface area contributed by atoms with Gasteiger partial charge in [-0.15, -0.1) is 0 Å². The first-order chi connectivity index (χ1) is 9.10. The fourth-order valence-corrected chi connectivity index (χ4v) is 2.56. The summed E-state index contributed by atoms with van der Waals surface area (Å²) in [5.41, 5.74) is 0.209. The second-order valence-corrected chi connectivity index (χ2v) is 5.18. The highest BCUT2D eigenvalue weighted by Gasteiger charge is 2.21. The van der Waals surface area contributed by atoms with Gasteiger partial charge in [-0.1, -0.05) is 13.3 Å². The van der Waals surface area contributed by atoms with Crippen molar-refractivity contribution in [1.82, 2.24) is 0 Å². The van der Waals surface area contributed by atoms with Gasteiger partial charge in [-0.3, -0.25) is 0 Å². The van der Waals surface area contributed by atoms with Crippen molar-refractivity contribution in [2.24, 2.45) is 5.92 Å². The lowest BCUT2D eigenvalue weighted by Crippen LogP contribution is -2.24. The van der Waals surface area contributed by atoms with Crippen molar-refractivity contribution in [3.05, 3.63) is 23.8 Å². The molecule has 0 amide bonds. The van der Waals surface area contributed by atoms with E-state index in [0.29, 0.717) is 17.4 Å². The smallest absolute Gasteiger partial charge is 0.335 e. The number of carbonyl (C=O) groups is 1. The van der Waals surface area contributed by atoms with Crippen LogP contribution in [-0.4, -0.2) is 24.3 Å². The maximum absolute atomic E-state index is 10.9. The topological polar surface area (TPSA) is 55.8 Å². The minimum Gasteiger partial charge on any atom is -0.493 e. The predicted octanol–water partition coefficient (Wildman–Crippen LogP) is 3.35. The molecule has 2 rings (SSSR count). The quantitative estimate of drug-likeness (QED) is 0.906. The molecule has 1 aliphatic carbocycles. The van der Waals surface area contributed by atoms with E-state index in [1.54, 1.807) is 12.1 Å². The lowest BCUT2D eigenvalue weighted by Gasteiger charge is -2.28. The molecule has 4 heteroatoms. The van der Waals surface area contributed by atoms with Crippen LogP contribution in [0.2, 0.25) is 0 Å². The minimum atomic E-state index is -0.962. The largest absolute Gasteiger partial charge is 0.493 e. The van der Waals surface area contributed by atoms with Gasteiger partial charge in [0.15, 0.2) is 11.5 Å². The zero-order valence-electron chi connectivity index (χ0n) is 11.4. The van der Waals surface area contributed by atoms with Crippen LogP contribution in [0.15, 0.2) is 18.2 Å². The van der Waals surface area contributed by atoms with Gasteiger partial charge in [0.1, 0.15) is 0 Å². The van der Waals surface area contributed by atoms with Gasteiger partial charge in [0.05, 0.1) is 18.8 Å². The molecule has 0 radical (unpaired) electrons. The van der Waals surface area contributed by atoms with E-state index in [1.165, 1.54) is 26.0 Å². The highest BCUT2D eigenvalue weighted by atomic mass is 16.5. The summed E-state index contributed by atoms with van der Waals surface area (Å²) in [4.78, 5) is 10.9. The van der Waals surface area contributed by atoms with Crippen LogP contribution in [0.25, 0.3) is 0 Å². The third-order valence-corrected chi connectivity index (χ3v) is 3.59. The van der Waals surface area contributed by atoms with Gasteiger partial charge in [0.2, 0.25) is 0 Å². The third-order valence-electron chi connectivity index (χ3n) is 3.59. The van der Waals surface area contributed by atoms with Gasteiger partial charge in [0, 0.05) is 0 Å². The Morgan fingerprint density at radius 2 is 2.11 bits per heavy atom. The molecule has 0 bridgehead atoms. The normalized spacial score (nSPS) is 22.8. The van der Waals surface area contributed by atoms with E-state index >= 15 is 0 Å². The monoisotopic (exact) mass is 264 g/mol. The highest BCUT2D eigenvalue weighted by molar-refractivity contribution is 5.88. The Morgan fingerprint density at radius 3 is 2.74 bits per heavy atom. The average Bonchev–Trinajstić information content (AvgIpc) is 2.39. The molecular formula is C15H20O4. The Labute approximate surface area is 113 Å². The van der Waals surface area contributed by atoms with E-state index in [-0.39, 0.29) is 11.7 Å². The number of aromatic carboxylic acids is 1. The fraction of sp³-hybridized carbons (Fsp3) is 0.533. The van der Waals surface area contributed by atoms with E-state index in [4.69, 9.17) is 14.6 Å². The second kappa shape index (κ2) is 5.95. The van der Waals surface area contributed by atoms with Gasteiger partial charge in [-0.2, -0.15) is 0 Å². The SMILES string of the molecule is COc1cc(C(=O)O)ccc1OC1CCCC(C)C1. The highest BCUT2D eigenvalue weighted by Crippen LogP contribution is 2.33. The summed E-state index contributed by atoms with van der Waals surface area (Å²) in [6.45, 7) is 2.24. The van der Waals surface area contributed by atoms with Crippen LogP contribution in [0, 0.1) is 5.92 Å². The Bertz CT molecular complexity index is 455. The molecule has 1 saturated carbocycles. The van der Waals surface area contributed by atoms with Crippen molar-refractivity contribution in [2.75, 3.05) is 7.11 Å². The van der Waals surface area contributed by atoms with E-state index < -0.39 is 5.97 Å². The molecule has 104 valence electrons. The predicted molar refractivity (Wildman–Crippen MR) is 72.0 cm³/mol. The van der Waals surface area contributed by atoms with Crippen LogP contribution in [0.1, 0.15) is 43.0 Å². The van der Waals surface area contributed by atoms with Crippen LogP contribution in [0.4, 0.5) is 0 Å². The number of rotatable bonds is 4. The maximum Gasteiger partial charge on any atom is 0.335 e. The van der Waals surface area contributed by atoms with E-state index in [0.717, 1.165) is 12.8 Å². The molecule has 1 fully saturated rings. The molecule has 1 N–H and O–H groups in total. The van der Waals surface area contributed by atoms with Crippen molar-refractivity contribution < 1.29 is 19.4 Å². The number of hydrogen-bond donors (Lipinski definition) is 1. The van der Waals surface area contributed by atoms with Crippen molar-refractivity contribution in [2.45, 2.75) is 38.7 Å². The van der Waals surface area contributed by atoms with Gasteiger partial charge in [-0.05, 0) is 43.4 Å². The first kappa shape index (κ1) is 13.7. The Morgan fingerprint density at radius 1 is 1.32 bits per heavy atom. The second-order valence-electron chi connectivity index (χ2n) is 5.18.